The Morgan fingerprint density at radius 3 is 2.11 bits per heavy atom. The topological polar surface area (TPSA) is 3.88 Å². The highest BCUT2D eigenvalue weighted by molar-refractivity contribution is 5.30. The molecule has 19 heavy (non-hydrogen) atoms. The Bertz CT molecular complexity index is 473. The van der Waals surface area contributed by atoms with Crippen LogP contribution in [-0.4, -0.2) is 0 Å². The van der Waals surface area contributed by atoms with Crippen LogP contribution in [0, 0.1) is 0 Å². The quantitative estimate of drug-likeness (QED) is 0.676. The molecule has 0 amide bonds. The Morgan fingerprint density at radius 2 is 1.53 bits per heavy atom. The monoisotopic (exact) mass is 254 g/mol. The van der Waals surface area contributed by atoms with Crippen molar-refractivity contribution in [2.24, 2.45) is 0 Å². The van der Waals surface area contributed by atoms with Crippen molar-refractivity contribution in [1.82, 2.24) is 0 Å². The average molecular weight is 254 g/mol. The summed E-state index contributed by atoms with van der Waals surface area (Å²) in [5, 5.41) is 0. The summed E-state index contributed by atoms with van der Waals surface area (Å²) in [7, 11) is 0. The minimum Gasteiger partial charge on any atom is -0.205 e. The molecular weight excluding hydrogens is 230 g/mol. The van der Waals surface area contributed by atoms with Crippen LogP contribution in [0.5, 0.6) is 0 Å². The molecule has 1 nitrogen and oxygen atoms in total. The first kappa shape index (κ1) is 13.8. The molecule has 2 rings (SSSR count). The Labute approximate surface area is 116 Å². The number of hydrogen-bond acceptors (Lipinski definition) is 0. The van der Waals surface area contributed by atoms with E-state index in [0.717, 1.165) is 13.0 Å². The van der Waals surface area contributed by atoms with Gasteiger partial charge in [0.25, 0.3) is 0 Å². The molecule has 0 bridgehead atoms. The number of aryl methyl sites for hydroxylation is 1. The lowest BCUT2D eigenvalue weighted by Crippen LogP contribution is -2.32. The zero-order valence-corrected chi connectivity index (χ0v) is 12.0. The fraction of sp³-hybridized carbons (Fsp3) is 0.389. The summed E-state index contributed by atoms with van der Waals surface area (Å²) in [5.41, 5.74) is 2.83. The van der Waals surface area contributed by atoms with E-state index in [9.17, 15) is 0 Å². The van der Waals surface area contributed by atoms with E-state index in [1.165, 1.54) is 24.0 Å². The first-order chi connectivity index (χ1) is 9.35. The largest absolute Gasteiger partial charge is 0.205 e. The van der Waals surface area contributed by atoms with Crippen molar-refractivity contribution in [1.29, 1.82) is 0 Å². The van der Waals surface area contributed by atoms with E-state index < -0.39 is 0 Å². The van der Waals surface area contributed by atoms with E-state index in [0.29, 0.717) is 5.92 Å². The van der Waals surface area contributed by atoms with Crippen LogP contribution in [0.3, 0.4) is 0 Å². The van der Waals surface area contributed by atoms with Gasteiger partial charge in [0.1, 0.15) is 6.54 Å². The lowest BCUT2D eigenvalue weighted by atomic mass is 9.90. The van der Waals surface area contributed by atoms with E-state index in [2.05, 4.69) is 73.3 Å². The molecule has 0 saturated heterocycles. The van der Waals surface area contributed by atoms with Gasteiger partial charge in [0.15, 0.2) is 12.4 Å². The van der Waals surface area contributed by atoms with Crippen LogP contribution in [0.4, 0.5) is 0 Å². The van der Waals surface area contributed by atoms with Gasteiger partial charge < -0.3 is 0 Å². The van der Waals surface area contributed by atoms with Gasteiger partial charge in [-0.05, 0) is 17.5 Å². The lowest BCUT2D eigenvalue weighted by Gasteiger charge is -2.15. The minimum absolute atomic E-state index is 0.516. The Morgan fingerprint density at radius 1 is 0.895 bits per heavy atom. The summed E-state index contributed by atoms with van der Waals surface area (Å²) < 4.78 is 2.28. The van der Waals surface area contributed by atoms with Gasteiger partial charge in [-0.15, -0.1) is 0 Å². The summed E-state index contributed by atoms with van der Waals surface area (Å²) in [6, 6.07) is 15.3. The molecule has 1 heteroatoms. The van der Waals surface area contributed by atoms with Crippen molar-refractivity contribution in [2.45, 2.75) is 45.6 Å². The number of rotatable bonds is 6. The normalized spacial score (nSPS) is 12.3. The molecule has 0 aliphatic carbocycles. The Balaban J connectivity index is 2.15. The molecule has 0 saturated carbocycles. The Hall–Kier alpha value is -1.63. The maximum atomic E-state index is 2.28. The number of hydrogen-bond donors (Lipinski definition) is 0. The van der Waals surface area contributed by atoms with E-state index in [-0.39, 0.29) is 0 Å². The molecule has 1 unspecified atom stereocenters. The van der Waals surface area contributed by atoms with Gasteiger partial charge in [0.2, 0.25) is 0 Å². The van der Waals surface area contributed by atoms with E-state index >= 15 is 0 Å². The molecule has 2 aromatic rings. The standard InChI is InChI=1S/C18H24N/c1-3-5-13-19-14-11-17(12-15-19)18(4-2)16-9-7-6-8-10-16/h6-12,14-15,18H,3-5,13H2,1-2H3/q+1. The van der Waals surface area contributed by atoms with Crippen LogP contribution in [0.15, 0.2) is 54.9 Å². The van der Waals surface area contributed by atoms with Crippen LogP contribution < -0.4 is 4.57 Å². The molecule has 1 aromatic carbocycles. The summed E-state index contributed by atoms with van der Waals surface area (Å²) in [4.78, 5) is 0. The number of nitrogens with zero attached hydrogens (tertiary/aromatic N) is 1. The number of unbranched alkanes of at least 4 members (excludes halogenated alkanes) is 1. The van der Waals surface area contributed by atoms with Crippen molar-refractivity contribution < 1.29 is 4.57 Å². The van der Waals surface area contributed by atoms with Crippen LogP contribution in [0.25, 0.3) is 0 Å². The number of pyridine rings is 1. The predicted octanol–water partition coefficient (Wildman–Crippen LogP) is 4.32. The zero-order chi connectivity index (χ0) is 13.5. The fourth-order valence-corrected chi connectivity index (χ4v) is 2.54. The molecule has 0 N–H and O–H groups in total. The van der Waals surface area contributed by atoms with Crippen LogP contribution in [-0.2, 0) is 6.54 Å². The van der Waals surface area contributed by atoms with Crippen molar-refractivity contribution in [2.75, 3.05) is 0 Å². The van der Waals surface area contributed by atoms with Crippen LogP contribution in [0.1, 0.15) is 50.2 Å². The summed E-state index contributed by atoms with van der Waals surface area (Å²) in [6.45, 7) is 5.62. The summed E-state index contributed by atoms with van der Waals surface area (Å²) >= 11 is 0. The molecule has 1 heterocycles. The second-order valence-corrected chi connectivity index (χ2v) is 5.09. The summed E-state index contributed by atoms with van der Waals surface area (Å²) in [5.74, 6) is 0.516. The highest BCUT2D eigenvalue weighted by Gasteiger charge is 2.12. The maximum Gasteiger partial charge on any atom is 0.169 e. The second kappa shape index (κ2) is 7.08. The van der Waals surface area contributed by atoms with Gasteiger partial charge in [-0.25, -0.2) is 4.57 Å². The molecule has 0 radical (unpaired) electrons. The highest BCUT2D eigenvalue weighted by atomic mass is 14.9. The van der Waals surface area contributed by atoms with Crippen LogP contribution in [0.2, 0.25) is 0 Å². The fourth-order valence-electron chi connectivity index (χ4n) is 2.54. The van der Waals surface area contributed by atoms with E-state index in [4.69, 9.17) is 0 Å². The average Bonchev–Trinajstić information content (AvgIpc) is 2.48. The molecule has 0 spiro atoms. The smallest absolute Gasteiger partial charge is 0.169 e. The molecular formula is C18H24N+. The molecule has 1 atom stereocenters. The van der Waals surface area contributed by atoms with Gasteiger partial charge in [-0.1, -0.05) is 50.6 Å². The molecule has 1 aromatic heterocycles. The molecule has 0 aliphatic heterocycles. The first-order valence-electron chi connectivity index (χ1n) is 7.39. The third-order valence-corrected chi connectivity index (χ3v) is 3.70. The third-order valence-electron chi connectivity index (χ3n) is 3.70. The van der Waals surface area contributed by atoms with E-state index in [1.807, 2.05) is 0 Å². The van der Waals surface area contributed by atoms with Gasteiger partial charge in [0, 0.05) is 24.5 Å². The number of benzene rings is 1. The summed E-state index contributed by atoms with van der Waals surface area (Å²) in [6.07, 6.45) is 8.08. The molecule has 100 valence electrons. The van der Waals surface area contributed by atoms with Crippen LogP contribution >= 0.6 is 0 Å². The van der Waals surface area contributed by atoms with Crippen molar-refractivity contribution >= 4 is 0 Å². The van der Waals surface area contributed by atoms with E-state index in [1.54, 1.807) is 0 Å². The Kier molecular flexibility index (Phi) is 5.14. The maximum absolute atomic E-state index is 2.28. The second-order valence-electron chi connectivity index (χ2n) is 5.09. The van der Waals surface area contributed by atoms with Crippen molar-refractivity contribution in [3.05, 3.63) is 66.0 Å². The zero-order valence-electron chi connectivity index (χ0n) is 12.0. The lowest BCUT2D eigenvalue weighted by molar-refractivity contribution is -0.697. The molecule has 0 aliphatic rings. The predicted molar refractivity (Wildman–Crippen MR) is 80.1 cm³/mol. The third kappa shape index (κ3) is 3.66. The highest BCUT2D eigenvalue weighted by Crippen LogP contribution is 2.26. The van der Waals surface area contributed by atoms with Gasteiger partial charge in [-0.2, -0.15) is 0 Å². The number of aromatic nitrogens is 1. The van der Waals surface area contributed by atoms with Crippen molar-refractivity contribution in [3.8, 4) is 0 Å². The van der Waals surface area contributed by atoms with Gasteiger partial charge >= 0.3 is 0 Å². The van der Waals surface area contributed by atoms with Gasteiger partial charge in [0.05, 0.1) is 0 Å². The minimum atomic E-state index is 0.516. The van der Waals surface area contributed by atoms with Crippen molar-refractivity contribution in [3.63, 3.8) is 0 Å². The SMILES string of the molecule is CCCC[n+]1ccc(C(CC)c2ccccc2)cc1. The molecule has 0 fully saturated rings. The first-order valence-corrected chi connectivity index (χ1v) is 7.39. The van der Waals surface area contributed by atoms with Gasteiger partial charge in [-0.3, -0.25) is 0 Å².